The number of ether oxygens (including phenoxy) is 1. The van der Waals surface area contributed by atoms with E-state index in [1.165, 1.54) is 24.9 Å². The molecular weight excluding hydrogens is 450 g/mol. The highest BCUT2D eigenvalue weighted by Crippen LogP contribution is 2.40. The number of aliphatic carboxylic acids is 1. The molecule has 31 heavy (non-hydrogen) atoms. The van der Waals surface area contributed by atoms with Gasteiger partial charge in [0.1, 0.15) is 23.7 Å². The lowest BCUT2D eigenvalue weighted by Crippen LogP contribution is -2.71. The lowest BCUT2D eigenvalue weighted by Gasteiger charge is -2.49. The minimum absolute atomic E-state index is 0.158. The quantitative estimate of drug-likeness (QED) is 0.104. The number of fused-ring (bicyclic) bond motifs is 1. The summed E-state index contributed by atoms with van der Waals surface area (Å²) in [4.78, 5) is 53.5. The molecule has 0 unspecified atom stereocenters. The number of hydrogen-bond acceptors (Lipinski definition) is 11. The van der Waals surface area contributed by atoms with Crippen LogP contribution in [0.1, 0.15) is 11.8 Å². The predicted octanol–water partition coefficient (Wildman–Crippen LogP) is -0.238. The van der Waals surface area contributed by atoms with Crippen LogP contribution in [0, 0.1) is 0 Å². The molecule has 2 amide bonds. The summed E-state index contributed by atoms with van der Waals surface area (Å²) >= 11 is 2.12. The van der Waals surface area contributed by atoms with E-state index in [-0.39, 0.29) is 44.9 Å². The number of nitrogens with zero attached hydrogens (tertiary/aromatic N) is 3. The van der Waals surface area contributed by atoms with Crippen LogP contribution in [-0.2, 0) is 23.9 Å². The van der Waals surface area contributed by atoms with Gasteiger partial charge in [-0.05, 0) is 6.92 Å². The van der Waals surface area contributed by atoms with Crippen molar-refractivity contribution in [3.63, 3.8) is 0 Å². The van der Waals surface area contributed by atoms with Crippen LogP contribution in [0.15, 0.2) is 34.8 Å². The van der Waals surface area contributed by atoms with Gasteiger partial charge < -0.3 is 26.1 Å². The van der Waals surface area contributed by atoms with Crippen molar-refractivity contribution in [2.75, 3.05) is 18.1 Å². The van der Waals surface area contributed by atoms with Crippen molar-refractivity contribution < 1.29 is 34.2 Å². The molecule has 3 heterocycles. The Hall–Kier alpha value is -3.39. The summed E-state index contributed by atoms with van der Waals surface area (Å²) in [6.45, 7) is 4.60. The minimum atomic E-state index is -1.36. The molecule has 1 saturated heterocycles. The number of nitrogen functional groups attached to an aromatic ring is 1. The van der Waals surface area contributed by atoms with Crippen LogP contribution in [0.2, 0.25) is 0 Å². The number of esters is 1. The van der Waals surface area contributed by atoms with Crippen molar-refractivity contribution in [1.29, 1.82) is 0 Å². The number of oxime groups is 1. The number of anilines is 1. The number of carbonyl (C=O) groups excluding carboxylic acids is 3. The lowest BCUT2D eigenvalue weighted by atomic mass is 10.0. The fourth-order valence-electron chi connectivity index (χ4n) is 2.88. The number of amides is 2. The van der Waals surface area contributed by atoms with Gasteiger partial charge in [0.2, 0.25) is 0 Å². The Labute approximate surface area is 183 Å². The van der Waals surface area contributed by atoms with Crippen LogP contribution in [0.5, 0.6) is 0 Å². The van der Waals surface area contributed by atoms with E-state index in [4.69, 9.17) is 10.5 Å². The van der Waals surface area contributed by atoms with Crippen molar-refractivity contribution in [3.8, 4) is 0 Å². The summed E-state index contributed by atoms with van der Waals surface area (Å²) < 4.78 is 5.02. The van der Waals surface area contributed by atoms with Crippen LogP contribution >= 0.6 is 23.1 Å². The van der Waals surface area contributed by atoms with E-state index in [1.807, 2.05) is 0 Å². The Bertz CT molecular complexity index is 1050. The molecule has 0 radical (unpaired) electrons. The van der Waals surface area contributed by atoms with Gasteiger partial charge in [0.05, 0.1) is 4.88 Å². The van der Waals surface area contributed by atoms with Crippen LogP contribution in [-0.4, -0.2) is 73.4 Å². The number of carboxylic acids is 1. The van der Waals surface area contributed by atoms with E-state index < -0.39 is 35.2 Å². The van der Waals surface area contributed by atoms with Crippen LogP contribution < -0.4 is 11.1 Å². The minimum Gasteiger partial charge on any atom is -0.477 e. The zero-order chi connectivity index (χ0) is 22.9. The second kappa shape index (κ2) is 8.77. The largest absolute Gasteiger partial charge is 0.477 e. The summed E-state index contributed by atoms with van der Waals surface area (Å²) in [6, 6.07) is -1.03. The fourth-order valence-corrected chi connectivity index (χ4v) is 4.88. The van der Waals surface area contributed by atoms with Gasteiger partial charge in [0.25, 0.3) is 11.8 Å². The number of thioether (sulfide) groups is 1. The van der Waals surface area contributed by atoms with Gasteiger partial charge >= 0.3 is 11.9 Å². The molecule has 2 atom stereocenters. The topological polar surface area (TPSA) is 185 Å². The maximum Gasteiger partial charge on any atom is 0.352 e. The smallest absolute Gasteiger partial charge is 0.352 e. The van der Waals surface area contributed by atoms with E-state index in [0.29, 0.717) is 0 Å². The highest BCUT2D eigenvalue weighted by Gasteiger charge is 2.54. The summed E-state index contributed by atoms with van der Waals surface area (Å²) in [6.07, 6.45) is 1.25. The number of aromatic nitrogens is 1. The van der Waals surface area contributed by atoms with Crippen molar-refractivity contribution in [2.24, 2.45) is 5.16 Å². The van der Waals surface area contributed by atoms with Gasteiger partial charge in [-0.1, -0.05) is 23.1 Å². The highest BCUT2D eigenvalue weighted by molar-refractivity contribution is 8.00. The molecule has 0 aromatic carbocycles. The van der Waals surface area contributed by atoms with Gasteiger partial charge in [-0.2, -0.15) is 0 Å². The van der Waals surface area contributed by atoms with Crippen molar-refractivity contribution in [3.05, 3.63) is 34.5 Å². The van der Waals surface area contributed by atoms with E-state index in [0.717, 1.165) is 16.2 Å². The highest BCUT2D eigenvalue weighted by atomic mass is 32.2. The van der Waals surface area contributed by atoms with E-state index in [1.54, 1.807) is 0 Å². The Morgan fingerprint density at radius 3 is 2.74 bits per heavy atom. The first-order chi connectivity index (χ1) is 14.6. The van der Waals surface area contributed by atoms with Gasteiger partial charge in [-0.15, -0.1) is 11.8 Å². The average molecular weight is 467 g/mol. The van der Waals surface area contributed by atoms with Crippen molar-refractivity contribution in [1.82, 2.24) is 15.2 Å². The molecule has 164 valence electrons. The second-order valence-electron chi connectivity index (χ2n) is 6.49. The average Bonchev–Trinajstić information content (AvgIpc) is 3.15. The Balaban J connectivity index is 1.74. The Morgan fingerprint density at radius 1 is 1.48 bits per heavy atom. The van der Waals surface area contributed by atoms with Gasteiger partial charge in [-0.3, -0.25) is 14.5 Å². The van der Waals surface area contributed by atoms with Crippen LogP contribution in [0.25, 0.3) is 0 Å². The van der Waals surface area contributed by atoms with Crippen molar-refractivity contribution >= 4 is 57.7 Å². The van der Waals surface area contributed by atoms with E-state index in [2.05, 4.69) is 22.0 Å². The molecule has 2 aliphatic rings. The first-order valence-corrected chi connectivity index (χ1v) is 10.5. The molecule has 1 aromatic heterocycles. The zero-order valence-corrected chi connectivity index (χ0v) is 17.7. The lowest BCUT2D eigenvalue weighted by molar-refractivity contribution is -0.150. The molecular formula is C17H17N5O7S2. The number of carboxylic acid groups (broad SMARTS) is 1. The standard InChI is InChI=1S/C17H17N5O7S2/c1-6(2)16(27)29-4-7-5-30-14-10(13(24)22(14)11(7)15(25)26)20-12(23)9(21-28)8-3-19-17(18)31-8/h3,10,14,28H,1,4-5H2,2H3,(H2,18,19)(H,20,23)(H,25,26)/b21-9-/t10-,14-/m1/s1. The van der Waals surface area contributed by atoms with Crippen molar-refractivity contribution in [2.45, 2.75) is 18.3 Å². The molecule has 2 aliphatic heterocycles. The SMILES string of the molecule is C=C(C)C(=O)OCC1=C(C(=O)O)N2C(=O)[C@@H](NC(=O)/C(=N\O)c3cnc(N)s3)[C@H]2SC1. The summed E-state index contributed by atoms with van der Waals surface area (Å²) in [5, 5.41) is 23.7. The third kappa shape index (κ3) is 4.25. The third-order valence-corrected chi connectivity index (χ3v) is 6.51. The molecule has 0 saturated carbocycles. The number of thiazole rings is 1. The maximum atomic E-state index is 12.6. The molecule has 12 nitrogen and oxygen atoms in total. The maximum absolute atomic E-state index is 12.6. The third-order valence-electron chi connectivity index (χ3n) is 4.33. The summed E-state index contributed by atoms with van der Waals surface area (Å²) in [5.74, 6) is -3.37. The van der Waals surface area contributed by atoms with Gasteiger partial charge in [0, 0.05) is 23.1 Å². The molecule has 14 heteroatoms. The fraction of sp³-hybridized carbons (Fsp3) is 0.294. The number of rotatable bonds is 7. The summed E-state index contributed by atoms with van der Waals surface area (Å²) in [7, 11) is 0. The normalized spacial score (nSPS) is 20.6. The molecule has 0 spiro atoms. The molecule has 1 aromatic rings. The molecule has 0 bridgehead atoms. The van der Waals surface area contributed by atoms with Crippen LogP contribution in [0.3, 0.4) is 0 Å². The summed E-state index contributed by atoms with van der Waals surface area (Å²) in [5.41, 5.74) is 5.26. The molecule has 0 aliphatic carbocycles. The van der Waals surface area contributed by atoms with Gasteiger partial charge in [-0.25, -0.2) is 14.6 Å². The number of carbonyl (C=O) groups is 4. The molecule has 3 rings (SSSR count). The van der Waals surface area contributed by atoms with Crippen LogP contribution in [0.4, 0.5) is 5.13 Å². The zero-order valence-electron chi connectivity index (χ0n) is 16.0. The Kier molecular flexibility index (Phi) is 6.31. The first kappa shape index (κ1) is 22.3. The van der Waals surface area contributed by atoms with Gasteiger partial charge in [0.15, 0.2) is 10.8 Å². The number of hydrogen-bond donors (Lipinski definition) is 4. The van der Waals surface area contributed by atoms with E-state index in [9.17, 15) is 29.5 Å². The number of nitrogens with two attached hydrogens (primary N) is 1. The first-order valence-electron chi connectivity index (χ1n) is 8.63. The second-order valence-corrected chi connectivity index (χ2v) is 8.65. The monoisotopic (exact) mass is 467 g/mol. The molecule has 5 N–H and O–H groups in total. The number of nitrogens with one attached hydrogen (secondary N) is 1. The number of β-lactam (4-membered cyclic amide) rings is 1. The Morgan fingerprint density at radius 2 is 2.19 bits per heavy atom. The van der Waals surface area contributed by atoms with E-state index >= 15 is 0 Å². The molecule has 1 fully saturated rings. The predicted molar refractivity (Wildman–Crippen MR) is 110 cm³/mol.